The Morgan fingerprint density at radius 2 is 2.06 bits per heavy atom. The van der Waals surface area contributed by atoms with Crippen molar-refractivity contribution in [2.75, 3.05) is 23.9 Å². The second kappa shape index (κ2) is 5.32. The van der Waals surface area contributed by atoms with Crippen LogP contribution < -0.4 is 11.1 Å². The average Bonchev–Trinajstić information content (AvgIpc) is 2.22. The first-order chi connectivity index (χ1) is 7.35. The Bertz CT molecular complexity index is 378. The highest BCUT2D eigenvalue weighted by Crippen LogP contribution is 2.29. The number of hydrogen-bond acceptors (Lipinski definition) is 3. The van der Waals surface area contributed by atoms with Crippen LogP contribution in [0.15, 0.2) is 16.6 Å². The number of halogens is 1. The van der Waals surface area contributed by atoms with Crippen LogP contribution in [-0.2, 0) is 0 Å². The summed E-state index contributed by atoms with van der Waals surface area (Å²) in [6.07, 6.45) is 2.13. The number of benzene rings is 1. The van der Waals surface area contributed by atoms with Gasteiger partial charge in [0, 0.05) is 27.1 Å². The minimum absolute atomic E-state index is 0.231. The van der Waals surface area contributed by atoms with Crippen molar-refractivity contribution in [1.29, 1.82) is 0 Å². The Hall–Kier alpha value is -0.350. The van der Waals surface area contributed by atoms with Crippen LogP contribution in [0, 0.1) is 6.92 Å². The van der Waals surface area contributed by atoms with Crippen LogP contribution in [0.25, 0.3) is 0 Å². The summed E-state index contributed by atoms with van der Waals surface area (Å²) in [4.78, 5) is 0. The molecule has 0 atom stereocenters. The van der Waals surface area contributed by atoms with Crippen molar-refractivity contribution >= 4 is 39.1 Å². The second-order valence-corrected chi connectivity index (χ2v) is 6.87. The normalized spacial score (nSPS) is 11.6. The highest BCUT2D eigenvalue weighted by Gasteiger charge is 2.16. The van der Waals surface area contributed by atoms with Gasteiger partial charge in [-0.05, 0) is 60.7 Å². The van der Waals surface area contributed by atoms with Crippen LogP contribution in [0.1, 0.15) is 19.4 Å². The molecule has 0 aromatic heterocycles. The Balaban J connectivity index is 2.79. The topological polar surface area (TPSA) is 38.0 Å². The van der Waals surface area contributed by atoms with Gasteiger partial charge in [0.05, 0.1) is 0 Å². The summed E-state index contributed by atoms with van der Waals surface area (Å²) in [5.74, 6) is 0. The summed E-state index contributed by atoms with van der Waals surface area (Å²) < 4.78 is 1.25. The summed E-state index contributed by atoms with van der Waals surface area (Å²) >= 11 is 5.38. The molecule has 0 fully saturated rings. The van der Waals surface area contributed by atoms with Gasteiger partial charge in [0.2, 0.25) is 0 Å². The zero-order valence-corrected chi connectivity index (χ0v) is 12.6. The lowest BCUT2D eigenvalue weighted by atomic mass is 10.1. The number of rotatable bonds is 4. The molecule has 1 aromatic carbocycles. The molecule has 0 amide bonds. The van der Waals surface area contributed by atoms with E-state index in [4.69, 9.17) is 5.73 Å². The summed E-state index contributed by atoms with van der Waals surface area (Å²) in [6.45, 7) is 7.40. The third-order valence-electron chi connectivity index (χ3n) is 2.61. The Kier molecular flexibility index (Phi) is 4.56. The quantitative estimate of drug-likeness (QED) is 0.829. The van der Waals surface area contributed by atoms with Gasteiger partial charge in [0.15, 0.2) is 0 Å². The Labute approximate surface area is 111 Å². The summed E-state index contributed by atoms with van der Waals surface area (Å²) in [5.41, 5.74) is 8.87. The molecule has 0 unspecified atom stereocenters. The molecule has 0 saturated carbocycles. The average molecular weight is 303 g/mol. The number of nitrogen functional groups attached to an aromatic ring is 1. The van der Waals surface area contributed by atoms with Crippen LogP contribution in [0.5, 0.6) is 0 Å². The third-order valence-corrected chi connectivity index (χ3v) is 4.52. The van der Waals surface area contributed by atoms with Gasteiger partial charge < -0.3 is 11.1 Å². The first-order valence-corrected chi connectivity index (χ1v) is 7.22. The van der Waals surface area contributed by atoms with E-state index in [9.17, 15) is 0 Å². The van der Waals surface area contributed by atoms with Gasteiger partial charge in [0.1, 0.15) is 0 Å². The predicted molar refractivity (Wildman–Crippen MR) is 79.4 cm³/mol. The van der Waals surface area contributed by atoms with E-state index >= 15 is 0 Å². The third kappa shape index (κ3) is 3.59. The maximum atomic E-state index is 5.84. The number of hydrogen-bond donors (Lipinski definition) is 2. The van der Waals surface area contributed by atoms with E-state index in [1.165, 1.54) is 0 Å². The van der Waals surface area contributed by atoms with Crippen LogP contribution in [0.4, 0.5) is 11.4 Å². The van der Waals surface area contributed by atoms with Crippen molar-refractivity contribution in [3.05, 3.63) is 22.2 Å². The summed E-state index contributed by atoms with van der Waals surface area (Å²) in [6, 6.07) is 4.03. The van der Waals surface area contributed by atoms with E-state index in [1.54, 1.807) is 0 Å². The molecule has 1 aromatic rings. The maximum absolute atomic E-state index is 5.84. The van der Waals surface area contributed by atoms with Crippen molar-refractivity contribution in [2.45, 2.75) is 25.5 Å². The van der Waals surface area contributed by atoms with E-state index in [0.717, 1.165) is 28.0 Å². The highest BCUT2D eigenvalue weighted by molar-refractivity contribution is 9.10. The standard InChI is InChI=1S/C12H19BrN2S/c1-8-5-11(9(13)6-10(8)14)15-7-12(2,3)16-4/h5-6,15H,7,14H2,1-4H3. The highest BCUT2D eigenvalue weighted by atomic mass is 79.9. The van der Waals surface area contributed by atoms with E-state index < -0.39 is 0 Å². The molecule has 16 heavy (non-hydrogen) atoms. The van der Waals surface area contributed by atoms with Crippen LogP contribution in [-0.4, -0.2) is 17.5 Å². The fourth-order valence-electron chi connectivity index (χ4n) is 1.21. The molecule has 2 nitrogen and oxygen atoms in total. The molecule has 0 heterocycles. The number of nitrogens with one attached hydrogen (secondary N) is 1. The first kappa shape index (κ1) is 13.7. The Morgan fingerprint density at radius 1 is 1.44 bits per heavy atom. The minimum Gasteiger partial charge on any atom is -0.398 e. The molecular formula is C12H19BrN2S. The molecule has 0 saturated heterocycles. The molecule has 0 aliphatic heterocycles. The molecule has 0 spiro atoms. The second-order valence-electron chi connectivity index (χ2n) is 4.51. The molecular weight excluding hydrogens is 284 g/mol. The smallest absolute Gasteiger partial charge is 0.0489 e. The fraction of sp³-hybridized carbons (Fsp3) is 0.500. The molecule has 0 bridgehead atoms. The lowest BCUT2D eigenvalue weighted by molar-refractivity contribution is 0.752. The molecule has 0 aliphatic carbocycles. The number of anilines is 2. The van der Waals surface area contributed by atoms with Gasteiger partial charge in [-0.1, -0.05) is 0 Å². The van der Waals surface area contributed by atoms with Crippen molar-refractivity contribution in [3.8, 4) is 0 Å². The van der Waals surface area contributed by atoms with Crippen molar-refractivity contribution in [2.24, 2.45) is 0 Å². The van der Waals surface area contributed by atoms with Gasteiger partial charge in [-0.2, -0.15) is 11.8 Å². The molecule has 90 valence electrons. The van der Waals surface area contributed by atoms with Crippen LogP contribution in [0.2, 0.25) is 0 Å². The largest absolute Gasteiger partial charge is 0.398 e. The monoisotopic (exact) mass is 302 g/mol. The number of nitrogens with two attached hydrogens (primary N) is 1. The lowest BCUT2D eigenvalue weighted by Gasteiger charge is -2.23. The lowest BCUT2D eigenvalue weighted by Crippen LogP contribution is -2.26. The predicted octanol–water partition coefficient (Wildman–Crippen LogP) is 3.89. The summed E-state index contributed by atoms with van der Waals surface area (Å²) in [5, 5.41) is 3.45. The van der Waals surface area contributed by atoms with Gasteiger partial charge in [-0.15, -0.1) is 0 Å². The summed E-state index contributed by atoms with van der Waals surface area (Å²) in [7, 11) is 0. The van der Waals surface area contributed by atoms with Gasteiger partial charge >= 0.3 is 0 Å². The van der Waals surface area contributed by atoms with E-state index in [2.05, 4.69) is 47.4 Å². The van der Waals surface area contributed by atoms with Crippen LogP contribution >= 0.6 is 27.7 Å². The van der Waals surface area contributed by atoms with Crippen molar-refractivity contribution in [1.82, 2.24) is 0 Å². The van der Waals surface area contributed by atoms with Gasteiger partial charge in [-0.3, -0.25) is 0 Å². The van der Waals surface area contributed by atoms with E-state index in [1.807, 2.05) is 24.8 Å². The molecule has 1 rings (SSSR count). The van der Waals surface area contributed by atoms with E-state index in [0.29, 0.717) is 0 Å². The number of aryl methyl sites for hydroxylation is 1. The molecule has 0 aliphatic rings. The van der Waals surface area contributed by atoms with Gasteiger partial charge in [0.25, 0.3) is 0 Å². The van der Waals surface area contributed by atoms with Crippen LogP contribution in [0.3, 0.4) is 0 Å². The SMILES string of the molecule is CSC(C)(C)CNc1cc(C)c(N)cc1Br. The molecule has 0 radical (unpaired) electrons. The fourth-order valence-corrected chi connectivity index (χ4v) is 1.93. The maximum Gasteiger partial charge on any atom is 0.0489 e. The molecule has 4 heteroatoms. The Morgan fingerprint density at radius 3 is 2.62 bits per heavy atom. The van der Waals surface area contributed by atoms with Crippen molar-refractivity contribution in [3.63, 3.8) is 0 Å². The molecule has 3 N–H and O–H groups in total. The zero-order chi connectivity index (χ0) is 12.3. The first-order valence-electron chi connectivity index (χ1n) is 5.20. The number of thioether (sulfide) groups is 1. The minimum atomic E-state index is 0.231. The van der Waals surface area contributed by atoms with E-state index in [-0.39, 0.29) is 4.75 Å². The van der Waals surface area contributed by atoms with Crippen molar-refractivity contribution < 1.29 is 0 Å². The van der Waals surface area contributed by atoms with Gasteiger partial charge in [-0.25, -0.2) is 0 Å². The zero-order valence-electron chi connectivity index (χ0n) is 10.2.